The minimum absolute atomic E-state index is 0.0736. The van der Waals surface area contributed by atoms with Gasteiger partial charge in [0.1, 0.15) is 5.52 Å². The van der Waals surface area contributed by atoms with E-state index < -0.39 is 5.97 Å². The highest BCUT2D eigenvalue weighted by Gasteiger charge is 2.11. The number of carboxylic acid groups (broad SMARTS) is 1. The van der Waals surface area contributed by atoms with Gasteiger partial charge in [-0.3, -0.25) is 4.79 Å². The first-order valence-electron chi connectivity index (χ1n) is 5.13. The van der Waals surface area contributed by atoms with Crippen molar-refractivity contribution in [3.8, 4) is 0 Å². The van der Waals surface area contributed by atoms with Crippen LogP contribution in [0.2, 0.25) is 0 Å². The maximum atomic E-state index is 10.5. The first kappa shape index (κ1) is 11.8. The number of hydrogen-bond donors (Lipinski definition) is 1. The number of para-hydroxylation sites is 1. The molecule has 0 radical (unpaired) electrons. The monoisotopic (exact) mass is 249 g/mol. The van der Waals surface area contributed by atoms with E-state index in [1.54, 1.807) is 0 Å². The second-order valence-corrected chi connectivity index (χ2v) is 5.02. The minimum atomic E-state index is -0.821. The molecule has 0 aliphatic heterocycles. The third-order valence-corrected chi connectivity index (χ3v) is 3.06. The number of carboxylic acids is 1. The average molecular weight is 249 g/mol. The van der Waals surface area contributed by atoms with Crippen molar-refractivity contribution in [3.63, 3.8) is 0 Å². The molecule has 6 heteroatoms. The predicted octanol–water partition coefficient (Wildman–Crippen LogP) is 1.98. The van der Waals surface area contributed by atoms with Crippen LogP contribution in [0.1, 0.15) is 13.3 Å². The number of thioether (sulfide) groups is 1. The number of fused-ring (bicyclic) bond motifs is 1. The molecule has 0 amide bonds. The fraction of sp³-hybridized carbons (Fsp3) is 0.273. The molecule has 88 valence electrons. The highest BCUT2D eigenvalue weighted by molar-refractivity contribution is 7.99. The maximum Gasteiger partial charge on any atom is 0.304 e. The zero-order valence-corrected chi connectivity index (χ0v) is 10.0. The summed E-state index contributed by atoms with van der Waals surface area (Å²) in [6, 6.07) is 7.45. The summed E-state index contributed by atoms with van der Waals surface area (Å²) in [5.74, 6) is -0.821. The fourth-order valence-corrected chi connectivity index (χ4v) is 2.21. The van der Waals surface area contributed by atoms with Crippen molar-refractivity contribution in [3.05, 3.63) is 24.3 Å². The number of aliphatic carboxylic acids is 1. The minimum Gasteiger partial charge on any atom is -0.481 e. The lowest BCUT2D eigenvalue weighted by Gasteiger charge is -2.06. The average Bonchev–Trinajstić information content (AvgIpc) is 2.27. The maximum absolute atomic E-state index is 10.5. The third kappa shape index (κ3) is 3.13. The predicted molar refractivity (Wildman–Crippen MR) is 64.9 cm³/mol. The SMILES string of the molecule is CC(CC(=O)O)Sc1nnc2ccccc2n1. The van der Waals surface area contributed by atoms with Gasteiger partial charge in [-0.15, -0.1) is 10.2 Å². The van der Waals surface area contributed by atoms with Crippen LogP contribution >= 0.6 is 11.8 Å². The van der Waals surface area contributed by atoms with Gasteiger partial charge in [-0.05, 0) is 12.1 Å². The molecular weight excluding hydrogens is 238 g/mol. The van der Waals surface area contributed by atoms with Gasteiger partial charge in [0, 0.05) is 5.25 Å². The molecule has 1 atom stereocenters. The van der Waals surface area contributed by atoms with E-state index in [-0.39, 0.29) is 11.7 Å². The van der Waals surface area contributed by atoms with Gasteiger partial charge < -0.3 is 5.11 Å². The second-order valence-electron chi connectivity index (χ2n) is 3.61. The van der Waals surface area contributed by atoms with Crippen molar-refractivity contribution in [2.75, 3.05) is 0 Å². The molecule has 2 aromatic rings. The fourth-order valence-electron chi connectivity index (χ4n) is 1.38. The van der Waals surface area contributed by atoms with E-state index in [1.807, 2.05) is 31.2 Å². The molecule has 0 saturated carbocycles. The topological polar surface area (TPSA) is 76.0 Å². The van der Waals surface area contributed by atoms with Crippen LogP contribution in [0.4, 0.5) is 0 Å². The number of aromatic nitrogens is 3. The molecule has 2 rings (SSSR count). The first-order valence-corrected chi connectivity index (χ1v) is 6.01. The van der Waals surface area contributed by atoms with Crippen LogP contribution in [0.3, 0.4) is 0 Å². The molecule has 1 aromatic heterocycles. The summed E-state index contributed by atoms with van der Waals surface area (Å²) in [4.78, 5) is 14.9. The Morgan fingerprint density at radius 3 is 2.76 bits per heavy atom. The van der Waals surface area contributed by atoms with E-state index in [0.717, 1.165) is 11.0 Å². The number of nitrogens with zero attached hydrogens (tertiary/aromatic N) is 3. The Morgan fingerprint density at radius 1 is 1.35 bits per heavy atom. The molecule has 0 spiro atoms. The van der Waals surface area contributed by atoms with Gasteiger partial charge >= 0.3 is 5.97 Å². The van der Waals surface area contributed by atoms with Crippen LogP contribution in [0.15, 0.2) is 29.4 Å². The van der Waals surface area contributed by atoms with Crippen molar-refractivity contribution >= 4 is 28.8 Å². The Balaban J connectivity index is 2.16. The summed E-state index contributed by atoms with van der Waals surface area (Å²) >= 11 is 1.32. The molecule has 1 N–H and O–H groups in total. The van der Waals surface area contributed by atoms with Crippen molar-refractivity contribution in [1.29, 1.82) is 0 Å². The standard InChI is InChI=1S/C11H11N3O2S/c1-7(6-10(15)16)17-11-12-8-4-2-3-5-9(8)13-14-11/h2-5,7H,6H2,1H3,(H,15,16). The van der Waals surface area contributed by atoms with Crippen LogP contribution in [0, 0.1) is 0 Å². The summed E-state index contributed by atoms with van der Waals surface area (Å²) in [5.41, 5.74) is 1.51. The van der Waals surface area contributed by atoms with Gasteiger partial charge in [0.25, 0.3) is 0 Å². The molecule has 17 heavy (non-hydrogen) atoms. The molecule has 1 unspecified atom stereocenters. The highest BCUT2D eigenvalue weighted by Crippen LogP contribution is 2.22. The van der Waals surface area contributed by atoms with E-state index in [0.29, 0.717) is 5.16 Å². The van der Waals surface area contributed by atoms with Crippen LogP contribution in [-0.4, -0.2) is 31.5 Å². The quantitative estimate of drug-likeness (QED) is 0.835. The van der Waals surface area contributed by atoms with Crippen LogP contribution in [-0.2, 0) is 4.79 Å². The number of rotatable bonds is 4. The zero-order valence-electron chi connectivity index (χ0n) is 9.20. The van der Waals surface area contributed by atoms with E-state index in [2.05, 4.69) is 15.2 Å². The van der Waals surface area contributed by atoms with E-state index in [9.17, 15) is 4.79 Å². The lowest BCUT2D eigenvalue weighted by Crippen LogP contribution is -2.06. The smallest absolute Gasteiger partial charge is 0.304 e. The highest BCUT2D eigenvalue weighted by atomic mass is 32.2. The molecule has 0 fully saturated rings. The molecule has 1 heterocycles. The third-order valence-electron chi connectivity index (χ3n) is 2.11. The molecule has 0 aliphatic rings. The van der Waals surface area contributed by atoms with Crippen LogP contribution < -0.4 is 0 Å². The van der Waals surface area contributed by atoms with Crippen molar-refractivity contribution in [1.82, 2.24) is 15.2 Å². The summed E-state index contributed by atoms with van der Waals surface area (Å²) in [7, 11) is 0. The summed E-state index contributed by atoms with van der Waals surface area (Å²) in [5, 5.41) is 17.1. The summed E-state index contributed by atoms with van der Waals surface area (Å²) < 4.78 is 0. The lowest BCUT2D eigenvalue weighted by molar-refractivity contribution is -0.136. The second kappa shape index (κ2) is 5.09. The molecule has 5 nitrogen and oxygen atoms in total. The van der Waals surface area contributed by atoms with Gasteiger partial charge in [0.15, 0.2) is 0 Å². The van der Waals surface area contributed by atoms with Gasteiger partial charge in [0.05, 0.1) is 11.9 Å². The Morgan fingerprint density at radius 2 is 2.06 bits per heavy atom. The van der Waals surface area contributed by atoms with Crippen molar-refractivity contribution < 1.29 is 9.90 Å². The zero-order chi connectivity index (χ0) is 12.3. The summed E-state index contributed by atoms with van der Waals surface area (Å²) in [6.45, 7) is 1.83. The van der Waals surface area contributed by atoms with Crippen molar-refractivity contribution in [2.24, 2.45) is 0 Å². The lowest BCUT2D eigenvalue weighted by atomic mass is 10.3. The van der Waals surface area contributed by atoms with Gasteiger partial charge in [-0.25, -0.2) is 4.98 Å². The summed E-state index contributed by atoms with van der Waals surface area (Å²) in [6.07, 6.45) is 0.0842. The van der Waals surface area contributed by atoms with Gasteiger partial charge in [-0.1, -0.05) is 30.8 Å². The number of hydrogen-bond acceptors (Lipinski definition) is 5. The van der Waals surface area contributed by atoms with E-state index >= 15 is 0 Å². The molecule has 1 aromatic carbocycles. The van der Waals surface area contributed by atoms with Gasteiger partial charge in [-0.2, -0.15) is 0 Å². The Kier molecular flexibility index (Phi) is 3.53. The molecule has 0 saturated heterocycles. The number of carbonyl (C=O) groups is 1. The van der Waals surface area contributed by atoms with Gasteiger partial charge in [0.2, 0.25) is 5.16 Å². The molecular formula is C11H11N3O2S. The van der Waals surface area contributed by atoms with E-state index in [4.69, 9.17) is 5.11 Å². The Bertz CT molecular complexity index is 547. The van der Waals surface area contributed by atoms with Crippen molar-refractivity contribution in [2.45, 2.75) is 23.8 Å². The number of benzene rings is 1. The molecule has 0 aliphatic carbocycles. The Hall–Kier alpha value is -1.69. The Labute approximate surface area is 102 Å². The van der Waals surface area contributed by atoms with E-state index in [1.165, 1.54) is 11.8 Å². The normalized spacial score (nSPS) is 12.5. The molecule has 0 bridgehead atoms. The van der Waals surface area contributed by atoms with Crippen LogP contribution in [0.5, 0.6) is 0 Å². The largest absolute Gasteiger partial charge is 0.481 e. The first-order chi connectivity index (χ1) is 8.15. The van der Waals surface area contributed by atoms with Crippen LogP contribution in [0.25, 0.3) is 11.0 Å².